The quantitative estimate of drug-likeness (QED) is 0.182. The van der Waals surface area contributed by atoms with Crippen LogP contribution < -0.4 is 0 Å². The van der Waals surface area contributed by atoms with Crippen LogP contribution in [0.5, 0.6) is 0 Å². The van der Waals surface area contributed by atoms with Crippen LogP contribution in [-0.4, -0.2) is 29.0 Å². The molecule has 0 saturated heterocycles. The van der Waals surface area contributed by atoms with Crippen molar-refractivity contribution < 1.29 is 32.3 Å². The minimum absolute atomic E-state index is 0.0428. The smallest absolute Gasteiger partial charge is 0.419 e. The molecule has 0 saturated carbocycles. The summed E-state index contributed by atoms with van der Waals surface area (Å²) in [7, 11) is 0. The zero-order valence-electron chi connectivity index (χ0n) is 16.2. The molecule has 0 aliphatic heterocycles. The van der Waals surface area contributed by atoms with Gasteiger partial charge in [-0.1, -0.05) is 12.1 Å². The molecule has 0 heterocycles. The highest BCUT2D eigenvalue weighted by atomic mass is 32.2. The van der Waals surface area contributed by atoms with Gasteiger partial charge in [-0.15, -0.1) is 11.8 Å². The summed E-state index contributed by atoms with van der Waals surface area (Å²) in [5.74, 6) is -1.26. The Hall–Kier alpha value is -2.03. The number of aliphatic hydroxyl groups is 1. The molecule has 0 aromatic heterocycles. The zero-order chi connectivity index (χ0) is 21.6. The number of ketones is 1. The highest BCUT2D eigenvalue weighted by molar-refractivity contribution is 7.99. The van der Waals surface area contributed by atoms with Gasteiger partial charge in [-0.05, 0) is 49.6 Å². The number of rotatable bonds is 8. The van der Waals surface area contributed by atoms with Crippen molar-refractivity contribution in [2.75, 3.05) is 12.4 Å². The number of nitrogens with zero attached hydrogens (tertiary/aromatic N) is 1. The van der Waals surface area contributed by atoms with Crippen molar-refractivity contribution in [1.29, 1.82) is 0 Å². The van der Waals surface area contributed by atoms with E-state index >= 15 is 0 Å². The summed E-state index contributed by atoms with van der Waals surface area (Å²) in [6.07, 6.45) is -2.94. The fraction of sp³-hybridized carbons (Fsp3) is 0.500. The lowest BCUT2D eigenvalue weighted by Gasteiger charge is -2.23. The van der Waals surface area contributed by atoms with Crippen molar-refractivity contribution in [3.05, 3.63) is 40.9 Å². The molecule has 0 fully saturated rings. The first kappa shape index (κ1) is 23.3. The Morgan fingerprint density at radius 1 is 1.34 bits per heavy atom. The third kappa shape index (κ3) is 6.48. The monoisotopic (exact) mass is 433 g/mol. The normalized spacial score (nSPS) is 18.3. The lowest BCUT2D eigenvalue weighted by atomic mass is 9.84. The standard InChI is InChI=1S/C20H23F4NO3S/c1-3-7-28-25-12(2)19-17(26)9-13(10-18(19)27)6-8-29-14-4-5-16(21)15(11-14)20(22,23)24/h4-5,11,13,26H,3,6-10H2,1-2H3. The van der Waals surface area contributed by atoms with Crippen LogP contribution in [0.4, 0.5) is 17.6 Å². The first-order chi connectivity index (χ1) is 13.6. The van der Waals surface area contributed by atoms with Gasteiger partial charge in [0.25, 0.3) is 0 Å². The lowest BCUT2D eigenvalue weighted by Crippen LogP contribution is -2.24. The molecule has 4 nitrogen and oxygen atoms in total. The molecule has 1 unspecified atom stereocenters. The summed E-state index contributed by atoms with van der Waals surface area (Å²) >= 11 is 1.16. The number of hydrogen-bond donors (Lipinski definition) is 1. The third-order valence-electron chi connectivity index (χ3n) is 4.42. The number of alkyl halides is 3. The van der Waals surface area contributed by atoms with Gasteiger partial charge in [-0.3, -0.25) is 4.79 Å². The number of allylic oxidation sites excluding steroid dienone is 2. The van der Waals surface area contributed by atoms with Crippen LogP contribution in [0.15, 0.2) is 39.6 Å². The highest BCUT2D eigenvalue weighted by Crippen LogP contribution is 2.35. The molecule has 9 heteroatoms. The Labute approximate surface area is 171 Å². The molecule has 1 aliphatic carbocycles. The first-order valence-corrected chi connectivity index (χ1v) is 10.2. The number of benzene rings is 1. The number of carbonyl (C=O) groups is 1. The van der Waals surface area contributed by atoms with Gasteiger partial charge in [0.1, 0.15) is 18.2 Å². The second-order valence-electron chi connectivity index (χ2n) is 6.81. The van der Waals surface area contributed by atoms with Crippen LogP contribution in [0, 0.1) is 11.7 Å². The molecule has 0 bridgehead atoms. The fourth-order valence-corrected chi connectivity index (χ4v) is 4.07. The Kier molecular flexibility index (Phi) is 8.13. The number of aliphatic hydroxyl groups excluding tert-OH is 1. The van der Waals surface area contributed by atoms with Crippen LogP contribution in [0.3, 0.4) is 0 Å². The summed E-state index contributed by atoms with van der Waals surface area (Å²) < 4.78 is 51.7. The average Bonchev–Trinajstić information content (AvgIpc) is 2.62. The lowest BCUT2D eigenvalue weighted by molar-refractivity contribution is -0.140. The molecular formula is C20H23F4NO3S. The van der Waals surface area contributed by atoms with Crippen LogP contribution in [0.2, 0.25) is 0 Å². The fourth-order valence-electron chi connectivity index (χ4n) is 3.02. The molecule has 0 amide bonds. The number of carbonyl (C=O) groups excluding carboxylic acids is 1. The van der Waals surface area contributed by atoms with Gasteiger partial charge in [-0.2, -0.15) is 13.2 Å². The molecular weight excluding hydrogens is 410 g/mol. The van der Waals surface area contributed by atoms with E-state index < -0.39 is 17.6 Å². The van der Waals surface area contributed by atoms with Crippen molar-refractivity contribution in [3.63, 3.8) is 0 Å². The molecule has 1 aromatic carbocycles. The van der Waals surface area contributed by atoms with Gasteiger partial charge >= 0.3 is 6.18 Å². The van der Waals surface area contributed by atoms with Gasteiger partial charge in [0, 0.05) is 17.7 Å². The molecule has 0 radical (unpaired) electrons. The van der Waals surface area contributed by atoms with Crippen LogP contribution in [0.1, 0.15) is 45.1 Å². The van der Waals surface area contributed by atoms with Gasteiger partial charge in [0.2, 0.25) is 0 Å². The molecule has 1 atom stereocenters. The second kappa shape index (κ2) is 10.1. The van der Waals surface area contributed by atoms with Crippen molar-refractivity contribution in [2.45, 2.75) is 50.6 Å². The van der Waals surface area contributed by atoms with Crippen LogP contribution >= 0.6 is 11.8 Å². The Morgan fingerprint density at radius 3 is 2.69 bits per heavy atom. The number of hydrogen-bond acceptors (Lipinski definition) is 5. The molecule has 0 spiro atoms. The zero-order valence-corrected chi connectivity index (χ0v) is 17.0. The van der Waals surface area contributed by atoms with Crippen molar-refractivity contribution in [2.24, 2.45) is 11.1 Å². The number of oxime groups is 1. The van der Waals surface area contributed by atoms with Crippen molar-refractivity contribution in [1.82, 2.24) is 0 Å². The molecule has 29 heavy (non-hydrogen) atoms. The predicted octanol–water partition coefficient (Wildman–Crippen LogP) is 5.92. The van der Waals surface area contributed by atoms with Gasteiger partial charge < -0.3 is 9.94 Å². The van der Waals surface area contributed by atoms with E-state index in [0.717, 1.165) is 30.3 Å². The largest absolute Gasteiger partial charge is 0.511 e. The Bertz CT molecular complexity index is 805. The number of halogens is 4. The maximum Gasteiger partial charge on any atom is 0.419 e. The first-order valence-electron chi connectivity index (χ1n) is 9.25. The van der Waals surface area contributed by atoms with Gasteiger partial charge in [-0.25, -0.2) is 4.39 Å². The predicted molar refractivity (Wildman–Crippen MR) is 103 cm³/mol. The maximum absolute atomic E-state index is 13.3. The molecule has 1 N–H and O–H groups in total. The summed E-state index contributed by atoms with van der Waals surface area (Å²) in [5, 5.41) is 14.1. The van der Waals surface area contributed by atoms with Crippen LogP contribution in [0.25, 0.3) is 0 Å². The highest BCUT2D eigenvalue weighted by Gasteiger charge is 2.34. The van der Waals surface area contributed by atoms with Gasteiger partial charge in [0.15, 0.2) is 5.78 Å². The van der Waals surface area contributed by atoms with E-state index in [2.05, 4.69) is 5.16 Å². The molecule has 1 aliphatic rings. The SMILES string of the molecule is CCCON=C(C)C1=C(O)CC(CCSc2ccc(F)c(C(F)(F)F)c2)CC1=O. The van der Waals surface area contributed by atoms with E-state index in [1.807, 2.05) is 6.92 Å². The minimum atomic E-state index is -4.75. The minimum Gasteiger partial charge on any atom is -0.511 e. The number of thioether (sulfide) groups is 1. The van der Waals surface area contributed by atoms with E-state index in [1.165, 1.54) is 6.07 Å². The van der Waals surface area contributed by atoms with E-state index in [9.17, 15) is 27.5 Å². The maximum atomic E-state index is 13.3. The summed E-state index contributed by atoms with van der Waals surface area (Å²) in [4.78, 5) is 17.7. The third-order valence-corrected chi connectivity index (χ3v) is 5.45. The Balaban J connectivity index is 1.95. The molecule has 160 valence electrons. The van der Waals surface area contributed by atoms with Crippen LogP contribution in [-0.2, 0) is 15.8 Å². The Morgan fingerprint density at radius 2 is 2.07 bits per heavy atom. The topological polar surface area (TPSA) is 58.9 Å². The molecule has 2 rings (SSSR count). The summed E-state index contributed by atoms with van der Waals surface area (Å²) in [6, 6.07) is 2.89. The van der Waals surface area contributed by atoms with Crippen molar-refractivity contribution in [3.8, 4) is 0 Å². The second-order valence-corrected chi connectivity index (χ2v) is 7.97. The molecule has 1 aromatic rings. The van der Waals surface area contributed by atoms with Gasteiger partial charge in [0.05, 0.1) is 16.8 Å². The van der Waals surface area contributed by atoms with Crippen molar-refractivity contribution >= 4 is 23.3 Å². The summed E-state index contributed by atoms with van der Waals surface area (Å²) in [6.45, 7) is 3.94. The van der Waals surface area contributed by atoms with E-state index in [-0.39, 0.29) is 29.5 Å². The average molecular weight is 433 g/mol. The van der Waals surface area contributed by atoms with E-state index in [1.54, 1.807) is 6.92 Å². The number of Topliss-reactive ketones (excluding diaryl/α,β-unsaturated/α-hetero) is 1. The van der Waals surface area contributed by atoms with E-state index in [4.69, 9.17) is 4.84 Å². The summed E-state index contributed by atoms with van der Waals surface area (Å²) in [5.41, 5.74) is -0.779. The van der Waals surface area contributed by atoms with E-state index in [0.29, 0.717) is 35.8 Å².